The summed E-state index contributed by atoms with van der Waals surface area (Å²) in [7, 11) is -3.70. The number of hydrogen-bond acceptors (Lipinski definition) is 3. The highest BCUT2D eigenvalue weighted by Crippen LogP contribution is 2.19. The predicted molar refractivity (Wildman–Crippen MR) is 92.9 cm³/mol. The Morgan fingerprint density at radius 2 is 1.83 bits per heavy atom. The fourth-order valence-corrected chi connectivity index (χ4v) is 3.59. The number of halogens is 1. The van der Waals surface area contributed by atoms with Gasteiger partial charge in [0, 0.05) is 19.0 Å². The van der Waals surface area contributed by atoms with E-state index < -0.39 is 10.0 Å². The van der Waals surface area contributed by atoms with Gasteiger partial charge in [0.1, 0.15) is 4.90 Å². The molecule has 5 nitrogen and oxygen atoms in total. The summed E-state index contributed by atoms with van der Waals surface area (Å²) in [5.41, 5.74) is 0. The maximum absolute atomic E-state index is 12.1. The van der Waals surface area contributed by atoms with Crippen LogP contribution in [0.4, 0.5) is 0 Å². The molecule has 23 heavy (non-hydrogen) atoms. The Morgan fingerprint density at radius 1 is 1.17 bits per heavy atom. The summed E-state index contributed by atoms with van der Waals surface area (Å²) in [6, 6.07) is 6.29. The number of benzene rings is 1. The van der Waals surface area contributed by atoms with E-state index in [1.165, 1.54) is 12.1 Å². The van der Waals surface area contributed by atoms with Crippen LogP contribution >= 0.6 is 11.6 Å². The first-order valence-electron chi connectivity index (χ1n) is 7.76. The molecule has 0 radical (unpaired) electrons. The molecular formula is C16H25ClN2O3S. The van der Waals surface area contributed by atoms with Crippen LogP contribution in [0, 0.1) is 5.92 Å². The number of sulfonamides is 1. The van der Waals surface area contributed by atoms with Crippen molar-refractivity contribution in [1.82, 2.24) is 10.0 Å². The molecule has 130 valence electrons. The van der Waals surface area contributed by atoms with Crippen LogP contribution in [0.3, 0.4) is 0 Å². The molecule has 0 spiro atoms. The van der Waals surface area contributed by atoms with Crippen LogP contribution in [-0.2, 0) is 14.8 Å². The van der Waals surface area contributed by atoms with Crippen molar-refractivity contribution in [3.05, 3.63) is 29.3 Å². The zero-order chi connectivity index (χ0) is 17.5. The van der Waals surface area contributed by atoms with Crippen molar-refractivity contribution in [3.63, 3.8) is 0 Å². The lowest BCUT2D eigenvalue weighted by molar-refractivity contribution is -0.121. The van der Waals surface area contributed by atoms with Gasteiger partial charge in [0.15, 0.2) is 0 Å². The van der Waals surface area contributed by atoms with E-state index in [-0.39, 0.29) is 34.8 Å². The smallest absolute Gasteiger partial charge is 0.242 e. The van der Waals surface area contributed by atoms with Crippen molar-refractivity contribution in [3.8, 4) is 0 Å². The average molecular weight is 361 g/mol. The molecule has 7 heteroatoms. The van der Waals surface area contributed by atoms with Crippen LogP contribution in [-0.4, -0.2) is 26.9 Å². The van der Waals surface area contributed by atoms with Crippen molar-refractivity contribution in [1.29, 1.82) is 0 Å². The molecule has 2 N–H and O–H groups in total. The van der Waals surface area contributed by atoms with E-state index in [4.69, 9.17) is 11.6 Å². The molecule has 0 bridgehead atoms. The number of carbonyl (C=O) groups excluding carboxylic acids is 1. The van der Waals surface area contributed by atoms with Gasteiger partial charge in [-0.25, -0.2) is 13.1 Å². The molecule has 0 aliphatic carbocycles. The topological polar surface area (TPSA) is 75.3 Å². The summed E-state index contributed by atoms with van der Waals surface area (Å²) in [6.07, 6.45) is 2.05. The molecule has 1 aromatic carbocycles. The van der Waals surface area contributed by atoms with Gasteiger partial charge < -0.3 is 5.32 Å². The van der Waals surface area contributed by atoms with Gasteiger partial charge in [-0.05, 0) is 37.8 Å². The highest BCUT2D eigenvalue weighted by atomic mass is 35.5. The second-order valence-electron chi connectivity index (χ2n) is 6.02. The first-order chi connectivity index (χ1) is 10.7. The summed E-state index contributed by atoms with van der Waals surface area (Å²) in [5, 5.41) is 3.03. The van der Waals surface area contributed by atoms with Gasteiger partial charge in [-0.2, -0.15) is 0 Å². The SMILES string of the molecule is CC(C)CCC(C)NC(=O)CCNS(=O)(=O)c1ccccc1Cl. The first-order valence-corrected chi connectivity index (χ1v) is 9.62. The second kappa shape index (κ2) is 9.25. The quantitative estimate of drug-likeness (QED) is 0.710. The summed E-state index contributed by atoms with van der Waals surface area (Å²) in [5.74, 6) is 0.430. The third-order valence-corrected chi connectivity index (χ3v) is 5.32. The van der Waals surface area contributed by atoms with Gasteiger partial charge in [0.25, 0.3) is 0 Å². The third kappa shape index (κ3) is 7.33. The number of hydrogen-bond donors (Lipinski definition) is 2. The lowest BCUT2D eigenvalue weighted by atomic mass is 10.0. The Labute approximate surface area is 143 Å². The Bertz CT molecular complexity index is 618. The van der Waals surface area contributed by atoms with E-state index in [2.05, 4.69) is 23.9 Å². The molecule has 1 aromatic rings. The van der Waals surface area contributed by atoms with E-state index >= 15 is 0 Å². The minimum atomic E-state index is -3.70. The van der Waals surface area contributed by atoms with Gasteiger partial charge in [0.2, 0.25) is 15.9 Å². The van der Waals surface area contributed by atoms with E-state index in [1.807, 2.05) is 6.92 Å². The highest BCUT2D eigenvalue weighted by molar-refractivity contribution is 7.89. The van der Waals surface area contributed by atoms with E-state index in [0.717, 1.165) is 12.8 Å². The van der Waals surface area contributed by atoms with Gasteiger partial charge in [0.05, 0.1) is 5.02 Å². The highest BCUT2D eigenvalue weighted by Gasteiger charge is 2.17. The Hall–Kier alpha value is -1.11. The number of amides is 1. The van der Waals surface area contributed by atoms with E-state index in [9.17, 15) is 13.2 Å². The molecule has 0 aliphatic rings. The molecular weight excluding hydrogens is 336 g/mol. The fourth-order valence-electron chi connectivity index (χ4n) is 2.04. The monoisotopic (exact) mass is 360 g/mol. The number of nitrogens with one attached hydrogen (secondary N) is 2. The Morgan fingerprint density at radius 3 is 2.43 bits per heavy atom. The Balaban J connectivity index is 2.41. The maximum Gasteiger partial charge on any atom is 0.242 e. The van der Waals surface area contributed by atoms with Gasteiger partial charge >= 0.3 is 0 Å². The summed E-state index contributed by atoms with van der Waals surface area (Å²) < 4.78 is 26.6. The minimum absolute atomic E-state index is 0.0207. The van der Waals surface area contributed by atoms with Gasteiger partial charge in [-0.1, -0.05) is 37.6 Å². The first kappa shape index (κ1) is 19.9. The predicted octanol–water partition coefficient (Wildman–Crippen LogP) is 2.95. The van der Waals surface area contributed by atoms with E-state index in [0.29, 0.717) is 5.92 Å². The lowest BCUT2D eigenvalue weighted by Crippen LogP contribution is -2.35. The molecule has 0 fully saturated rings. The average Bonchev–Trinajstić information content (AvgIpc) is 2.45. The molecule has 0 saturated carbocycles. The van der Waals surface area contributed by atoms with Crippen molar-refractivity contribution in [2.75, 3.05) is 6.54 Å². The van der Waals surface area contributed by atoms with Crippen LogP contribution in [0.5, 0.6) is 0 Å². The largest absolute Gasteiger partial charge is 0.354 e. The second-order valence-corrected chi connectivity index (χ2v) is 8.16. The molecule has 1 amide bonds. The summed E-state index contributed by atoms with van der Waals surface area (Å²) >= 11 is 5.88. The third-order valence-electron chi connectivity index (χ3n) is 3.35. The summed E-state index contributed by atoms with van der Waals surface area (Å²) in [4.78, 5) is 11.8. The van der Waals surface area contributed by atoms with Crippen molar-refractivity contribution >= 4 is 27.5 Å². The lowest BCUT2D eigenvalue weighted by Gasteiger charge is -2.15. The molecule has 0 heterocycles. The van der Waals surface area contributed by atoms with Crippen molar-refractivity contribution in [2.24, 2.45) is 5.92 Å². The zero-order valence-electron chi connectivity index (χ0n) is 13.8. The normalized spacial score (nSPS) is 13.1. The zero-order valence-corrected chi connectivity index (χ0v) is 15.4. The molecule has 1 atom stereocenters. The minimum Gasteiger partial charge on any atom is -0.354 e. The Kier molecular flexibility index (Phi) is 8.02. The molecule has 0 aliphatic heterocycles. The van der Waals surface area contributed by atoms with Crippen molar-refractivity contribution in [2.45, 2.75) is 51.0 Å². The molecule has 1 rings (SSSR count). The summed E-state index contributed by atoms with van der Waals surface area (Å²) in [6.45, 7) is 6.26. The fraction of sp³-hybridized carbons (Fsp3) is 0.562. The number of rotatable bonds is 9. The standard InChI is InChI=1S/C16H25ClN2O3S/c1-12(2)8-9-13(3)19-16(20)10-11-18-23(21,22)15-7-5-4-6-14(15)17/h4-7,12-13,18H,8-11H2,1-3H3,(H,19,20). The van der Waals surface area contributed by atoms with Crippen LogP contribution in [0.2, 0.25) is 5.02 Å². The van der Waals surface area contributed by atoms with Crippen LogP contribution in [0.15, 0.2) is 29.2 Å². The molecule has 1 unspecified atom stereocenters. The molecule has 0 saturated heterocycles. The van der Waals surface area contributed by atoms with Gasteiger partial charge in [-0.3, -0.25) is 4.79 Å². The van der Waals surface area contributed by atoms with E-state index in [1.54, 1.807) is 12.1 Å². The molecule has 0 aromatic heterocycles. The number of carbonyl (C=O) groups is 1. The van der Waals surface area contributed by atoms with Crippen LogP contribution in [0.1, 0.15) is 40.0 Å². The van der Waals surface area contributed by atoms with Crippen LogP contribution in [0.25, 0.3) is 0 Å². The van der Waals surface area contributed by atoms with Gasteiger partial charge in [-0.15, -0.1) is 0 Å². The maximum atomic E-state index is 12.1. The van der Waals surface area contributed by atoms with Crippen LogP contribution < -0.4 is 10.0 Å². The van der Waals surface area contributed by atoms with Crippen molar-refractivity contribution < 1.29 is 13.2 Å².